The minimum absolute atomic E-state index is 0.0274. The average Bonchev–Trinajstić information content (AvgIpc) is 3.26. The number of anilines is 1. The number of thiophene rings is 1. The van der Waals surface area contributed by atoms with Crippen molar-refractivity contribution in [3.63, 3.8) is 0 Å². The lowest BCUT2D eigenvalue weighted by Gasteiger charge is -2.13. The van der Waals surface area contributed by atoms with Crippen molar-refractivity contribution in [2.45, 2.75) is 19.4 Å². The zero-order chi connectivity index (χ0) is 19.8. The maximum absolute atomic E-state index is 12.2. The van der Waals surface area contributed by atoms with Crippen LogP contribution < -0.4 is 14.8 Å². The number of Topliss-reactive ketones (excluding diaryl/α,β-unsaturated/α-hetero) is 1. The molecule has 1 aromatic carbocycles. The molecule has 3 aromatic rings. The second-order valence-corrected chi connectivity index (χ2v) is 6.91. The highest BCUT2D eigenvalue weighted by Crippen LogP contribution is 2.31. The van der Waals surface area contributed by atoms with Gasteiger partial charge in [0.15, 0.2) is 17.3 Å². The van der Waals surface area contributed by atoms with E-state index in [0.717, 1.165) is 5.56 Å². The van der Waals surface area contributed by atoms with Crippen LogP contribution in [-0.4, -0.2) is 23.8 Å². The molecule has 7 heteroatoms. The molecule has 0 atom stereocenters. The van der Waals surface area contributed by atoms with E-state index in [2.05, 4.69) is 10.3 Å². The number of benzene rings is 1. The van der Waals surface area contributed by atoms with E-state index in [1.807, 2.05) is 23.6 Å². The summed E-state index contributed by atoms with van der Waals surface area (Å²) >= 11 is 1.38. The molecule has 0 fully saturated rings. The number of aromatic nitrogens is 1. The van der Waals surface area contributed by atoms with Gasteiger partial charge in [0.05, 0.1) is 12.0 Å². The molecular formula is C21H20N2O4S. The fourth-order valence-corrected chi connectivity index (χ4v) is 3.22. The molecule has 144 valence electrons. The first-order valence-electron chi connectivity index (χ1n) is 8.72. The Labute approximate surface area is 167 Å². The molecule has 0 bridgehead atoms. The zero-order valence-electron chi connectivity index (χ0n) is 15.4. The lowest BCUT2D eigenvalue weighted by molar-refractivity contribution is -0.116. The van der Waals surface area contributed by atoms with Gasteiger partial charge in [0.25, 0.3) is 0 Å². The lowest BCUT2D eigenvalue weighted by atomic mass is 10.2. The third kappa shape index (κ3) is 5.40. The van der Waals surface area contributed by atoms with E-state index in [-0.39, 0.29) is 24.5 Å². The van der Waals surface area contributed by atoms with Crippen LogP contribution in [0.5, 0.6) is 11.5 Å². The van der Waals surface area contributed by atoms with Crippen molar-refractivity contribution in [2.75, 3.05) is 12.4 Å². The maximum Gasteiger partial charge on any atom is 0.224 e. The van der Waals surface area contributed by atoms with E-state index in [1.54, 1.807) is 43.8 Å². The molecule has 0 saturated heterocycles. The molecule has 0 aliphatic heterocycles. The summed E-state index contributed by atoms with van der Waals surface area (Å²) < 4.78 is 11.1. The van der Waals surface area contributed by atoms with Crippen LogP contribution in [0.3, 0.4) is 0 Å². The average molecular weight is 396 g/mol. The molecule has 0 unspecified atom stereocenters. The molecule has 0 aliphatic rings. The number of carbonyl (C=O) groups excluding carboxylic acids is 2. The van der Waals surface area contributed by atoms with Gasteiger partial charge >= 0.3 is 0 Å². The van der Waals surface area contributed by atoms with Crippen molar-refractivity contribution in [2.24, 2.45) is 0 Å². The first-order valence-corrected chi connectivity index (χ1v) is 9.60. The van der Waals surface area contributed by atoms with Gasteiger partial charge in [0.2, 0.25) is 5.91 Å². The predicted octanol–water partition coefficient (Wildman–Crippen LogP) is 4.33. The Morgan fingerprint density at radius 2 is 2.00 bits per heavy atom. The maximum atomic E-state index is 12.2. The molecule has 0 aliphatic carbocycles. The lowest BCUT2D eigenvalue weighted by Crippen LogP contribution is -2.13. The number of ketones is 1. The SMILES string of the molecule is COc1ccc(NC(=O)CCC(=O)c2cccs2)cc1OCc1cccnc1. The number of pyridine rings is 1. The summed E-state index contributed by atoms with van der Waals surface area (Å²) in [4.78, 5) is 28.9. The zero-order valence-corrected chi connectivity index (χ0v) is 16.2. The van der Waals surface area contributed by atoms with Crippen LogP contribution in [0.15, 0.2) is 60.2 Å². The molecule has 1 amide bonds. The summed E-state index contributed by atoms with van der Waals surface area (Å²) in [5.41, 5.74) is 1.50. The summed E-state index contributed by atoms with van der Waals surface area (Å²) in [5, 5.41) is 4.64. The van der Waals surface area contributed by atoms with Gasteiger partial charge in [-0.05, 0) is 29.6 Å². The smallest absolute Gasteiger partial charge is 0.224 e. The van der Waals surface area contributed by atoms with E-state index in [9.17, 15) is 9.59 Å². The number of hydrogen-bond acceptors (Lipinski definition) is 6. The summed E-state index contributed by atoms with van der Waals surface area (Å²) in [6.45, 7) is 0.330. The summed E-state index contributed by atoms with van der Waals surface area (Å²) in [7, 11) is 1.56. The molecule has 6 nitrogen and oxygen atoms in total. The van der Waals surface area contributed by atoms with Crippen molar-refractivity contribution in [1.29, 1.82) is 0 Å². The normalized spacial score (nSPS) is 10.3. The Morgan fingerprint density at radius 1 is 1.11 bits per heavy atom. The Balaban J connectivity index is 1.58. The highest BCUT2D eigenvalue weighted by atomic mass is 32.1. The van der Waals surface area contributed by atoms with Gasteiger partial charge in [-0.1, -0.05) is 12.1 Å². The monoisotopic (exact) mass is 396 g/mol. The van der Waals surface area contributed by atoms with E-state index in [0.29, 0.717) is 28.7 Å². The highest BCUT2D eigenvalue weighted by molar-refractivity contribution is 7.12. The van der Waals surface area contributed by atoms with E-state index >= 15 is 0 Å². The van der Waals surface area contributed by atoms with Crippen LogP contribution in [0.25, 0.3) is 0 Å². The van der Waals surface area contributed by atoms with Gasteiger partial charge in [-0.25, -0.2) is 0 Å². The number of amides is 1. The summed E-state index contributed by atoms with van der Waals surface area (Å²) in [6.07, 6.45) is 3.72. The number of rotatable bonds is 9. The van der Waals surface area contributed by atoms with Crippen LogP contribution in [0.4, 0.5) is 5.69 Å². The second kappa shape index (κ2) is 9.66. The molecule has 28 heavy (non-hydrogen) atoms. The van der Waals surface area contributed by atoms with Gasteiger partial charge in [0, 0.05) is 42.6 Å². The van der Waals surface area contributed by atoms with Crippen molar-refractivity contribution >= 4 is 28.7 Å². The largest absolute Gasteiger partial charge is 0.493 e. The number of ether oxygens (including phenoxy) is 2. The number of nitrogens with zero attached hydrogens (tertiary/aromatic N) is 1. The first-order chi connectivity index (χ1) is 13.7. The minimum Gasteiger partial charge on any atom is -0.493 e. The third-order valence-corrected chi connectivity index (χ3v) is 4.85. The molecule has 0 spiro atoms. The molecule has 0 saturated carbocycles. The van der Waals surface area contributed by atoms with Crippen molar-refractivity contribution in [3.8, 4) is 11.5 Å². The quantitative estimate of drug-likeness (QED) is 0.545. The number of methoxy groups -OCH3 is 1. The van der Waals surface area contributed by atoms with E-state index in [1.165, 1.54) is 11.3 Å². The summed E-state index contributed by atoms with van der Waals surface area (Å²) in [5.74, 6) is 0.822. The molecule has 2 aromatic heterocycles. The standard InChI is InChI=1S/C21H20N2O4S/c1-26-18-8-6-16(12-19(18)27-14-15-4-2-10-22-13-15)23-21(25)9-7-17(24)20-5-3-11-28-20/h2-6,8,10-13H,7,9,14H2,1H3,(H,23,25). The Kier molecular flexibility index (Phi) is 6.75. The predicted molar refractivity (Wildman–Crippen MR) is 108 cm³/mol. The Hall–Kier alpha value is -3.19. The molecule has 0 radical (unpaired) electrons. The van der Waals surface area contributed by atoms with Crippen LogP contribution in [0, 0.1) is 0 Å². The molecule has 3 rings (SSSR count). The number of nitrogens with one attached hydrogen (secondary N) is 1. The molecule has 1 N–H and O–H groups in total. The third-order valence-electron chi connectivity index (χ3n) is 3.94. The van der Waals surface area contributed by atoms with Crippen LogP contribution in [0.1, 0.15) is 28.1 Å². The van der Waals surface area contributed by atoms with Crippen LogP contribution >= 0.6 is 11.3 Å². The van der Waals surface area contributed by atoms with Gasteiger partial charge in [-0.2, -0.15) is 0 Å². The number of hydrogen-bond donors (Lipinski definition) is 1. The van der Waals surface area contributed by atoms with Crippen molar-refractivity contribution < 1.29 is 19.1 Å². The molecular weight excluding hydrogens is 376 g/mol. The first kappa shape index (κ1) is 19.6. The van der Waals surface area contributed by atoms with Gasteiger partial charge in [-0.15, -0.1) is 11.3 Å². The molecule has 2 heterocycles. The Bertz CT molecular complexity index is 927. The van der Waals surface area contributed by atoms with Crippen LogP contribution in [-0.2, 0) is 11.4 Å². The second-order valence-electron chi connectivity index (χ2n) is 5.96. The minimum atomic E-state index is -0.228. The Morgan fingerprint density at radius 3 is 2.71 bits per heavy atom. The number of carbonyl (C=O) groups is 2. The van der Waals surface area contributed by atoms with Gasteiger partial charge in [-0.3, -0.25) is 14.6 Å². The van der Waals surface area contributed by atoms with Gasteiger partial charge < -0.3 is 14.8 Å². The highest BCUT2D eigenvalue weighted by Gasteiger charge is 2.12. The van der Waals surface area contributed by atoms with Crippen molar-refractivity contribution in [3.05, 3.63) is 70.7 Å². The van der Waals surface area contributed by atoms with Crippen molar-refractivity contribution in [1.82, 2.24) is 4.98 Å². The topological polar surface area (TPSA) is 77.5 Å². The van der Waals surface area contributed by atoms with E-state index < -0.39 is 0 Å². The summed E-state index contributed by atoms with van der Waals surface area (Å²) in [6, 6.07) is 12.5. The fourth-order valence-electron chi connectivity index (χ4n) is 2.52. The van der Waals surface area contributed by atoms with Crippen LogP contribution in [0.2, 0.25) is 0 Å². The fraction of sp³-hybridized carbons (Fsp3) is 0.190. The van der Waals surface area contributed by atoms with E-state index in [4.69, 9.17) is 9.47 Å². The van der Waals surface area contributed by atoms with Gasteiger partial charge in [0.1, 0.15) is 6.61 Å².